The fourth-order valence-corrected chi connectivity index (χ4v) is 2.26. The molecule has 0 aliphatic carbocycles. The molecule has 1 aromatic heterocycles. The van der Waals surface area contributed by atoms with E-state index in [-0.39, 0.29) is 6.61 Å². The molecule has 21 heavy (non-hydrogen) atoms. The van der Waals surface area contributed by atoms with E-state index in [0.717, 1.165) is 35.4 Å². The molecular weight excluding hydrogens is 264 g/mol. The minimum absolute atomic E-state index is 0.124. The van der Waals surface area contributed by atoms with Crippen molar-refractivity contribution in [2.75, 3.05) is 57.6 Å². The predicted molar refractivity (Wildman–Crippen MR) is 89.1 cm³/mol. The average molecular weight is 288 g/mol. The van der Waals surface area contributed by atoms with Gasteiger partial charge in [0.1, 0.15) is 5.82 Å². The molecule has 0 atom stereocenters. The van der Waals surface area contributed by atoms with Crippen LogP contribution >= 0.6 is 0 Å². The summed E-state index contributed by atoms with van der Waals surface area (Å²) in [6.07, 6.45) is 1.81. The van der Waals surface area contributed by atoms with Gasteiger partial charge < -0.3 is 20.2 Å². The van der Waals surface area contributed by atoms with Gasteiger partial charge in [-0.25, -0.2) is 4.98 Å². The van der Waals surface area contributed by atoms with E-state index >= 15 is 0 Å². The van der Waals surface area contributed by atoms with E-state index in [4.69, 9.17) is 5.11 Å². The summed E-state index contributed by atoms with van der Waals surface area (Å²) >= 11 is 0. The zero-order valence-electron chi connectivity index (χ0n) is 13.0. The Bertz CT molecular complexity index is 585. The molecule has 5 heteroatoms. The Morgan fingerprint density at radius 2 is 1.95 bits per heavy atom. The topological polar surface area (TPSA) is 51.6 Å². The number of nitrogens with one attached hydrogen (secondary N) is 1. The van der Waals surface area contributed by atoms with E-state index in [1.807, 2.05) is 24.2 Å². The van der Waals surface area contributed by atoms with Crippen molar-refractivity contribution in [3.8, 4) is 0 Å². The lowest BCUT2D eigenvalue weighted by Crippen LogP contribution is -2.22. The molecule has 5 nitrogen and oxygen atoms in total. The number of benzene rings is 1. The number of aliphatic hydroxyl groups excluding tert-OH is 1. The van der Waals surface area contributed by atoms with Crippen LogP contribution in [0, 0.1) is 0 Å². The summed E-state index contributed by atoms with van der Waals surface area (Å²) in [6, 6.07) is 8.32. The Kier molecular flexibility index (Phi) is 5.36. The third kappa shape index (κ3) is 4.06. The maximum absolute atomic E-state index is 9.07. The third-order valence-corrected chi connectivity index (χ3v) is 3.43. The molecular formula is C16H24N4O. The van der Waals surface area contributed by atoms with Crippen LogP contribution < -0.4 is 10.2 Å². The van der Waals surface area contributed by atoms with Gasteiger partial charge >= 0.3 is 0 Å². The second-order valence-electron chi connectivity index (χ2n) is 5.45. The molecule has 0 aliphatic rings. The maximum atomic E-state index is 9.07. The normalized spacial score (nSPS) is 11.1. The number of fused-ring (bicyclic) bond motifs is 1. The first-order valence-corrected chi connectivity index (χ1v) is 7.21. The lowest BCUT2D eigenvalue weighted by Gasteiger charge is -2.19. The van der Waals surface area contributed by atoms with Crippen LogP contribution in [0.5, 0.6) is 0 Å². The van der Waals surface area contributed by atoms with Gasteiger partial charge in [-0.1, -0.05) is 0 Å². The summed E-state index contributed by atoms with van der Waals surface area (Å²) in [5.74, 6) is 0.904. The van der Waals surface area contributed by atoms with E-state index in [9.17, 15) is 0 Å². The molecule has 0 spiro atoms. The summed E-state index contributed by atoms with van der Waals surface area (Å²) in [6.45, 7) is 2.62. The van der Waals surface area contributed by atoms with Gasteiger partial charge in [-0.3, -0.25) is 0 Å². The molecule has 2 rings (SSSR count). The van der Waals surface area contributed by atoms with Crippen molar-refractivity contribution in [3.63, 3.8) is 0 Å². The van der Waals surface area contributed by atoms with Crippen LogP contribution in [0.2, 0.25) is 0 Å². The van der Waals surface area contributed by atoms with Gasteiger partial charge in [0, 0.05) is 44.0 Å². The van der Waals surface area contributed by atoms with Crippen molar-refractivity contribution < 1.29 is 5.11 Å². The molecule has 0 saturated heterocycles. The van der Waals surface area contributed by atoms with Gasteiger partial charge in [0.05, 0.1) is 6.61 Å². The van der Waals surface area contributed by atoms with Gasteiger partial charge in [-0.05, 0) is 43.7 Å². The van der Waals surface area contributed by atoms with Gasteiger partial charge in [0.15, 0.2) is 0 Å². The first-order chi connectivity index (χ1) is 10.1. The van der Waals surface area contributed by atoms with Crippen LogP contribution in [0.1, 0.15) is 0 Å². The average Bonchev–Trinajstić information content (AvgIpc) is 2.46. The maximum Gasteiger partial charge on any atom is 0.136 e. The highest BCUT2D eigenvalue weighted by molar-refractivity contribution is 5.94. The first kappa shape index (κ1) is 15.5. The largest absolute Gasteiger partial charge is 0.395 e. The van der Waals surface area contributed by atoms with Crippen molar-refractivity contribution in [2.24, 2.45) is 0 Å². The SMILES string of the molecule is CN(C)CCNc1ccc2c(N(C)CCO)nccc2c1. The van der Waals surface area contributed by atoms with Crippen molar-refractivity contribution in [2.45, 2.75) is 0 Å². The lowest BCUT2D eigenvalue weighted by atomic mass is 10.1. The Labute approximate surface area is 126 Å². The van der Waals surface area contributed by atoms with Gasteiger partial charge in [0.25, 0.3) is 0 Å². The van der Waals surface area contributed by atoms with Crippen LogP contribution in [0.25, 0.3) is 10.8 Å². The fraction of sp³-hybridized carbons (Fsp3) is 0.438. The molecule has 0 aliphatic heterocycles. The Balaban J connectivity index is 2.20. The molecule has 0 radical (unpaired) electrons. The molecule has 0 bridgehead atoms. The number of anilines is 2. The molecule has 0 fully saturated rings. The Morgan fingerprint density at radius 3 is 2.67 bits per heavy atom. The quantitative estimate of drug-likeness (QED) is 0.811. The highest BCUT2D eigenvalue weighted by atomic mass is 16.3. The molecule has 0 saturated carbocycles. The molecule has 2 aromatic rings. The van der Waals surface area contributed by atoms with Crippen LogP contribution in [-0.2, 0) is 0 Å². The van der Waals surface area contributed by atoms with E-state index in [1.165, 1.54) is 0 Å². The van der Waals surface area contributed by atoms with Crippen molar-refractivity contribution in [1.82, 2.24) is 9.88 Å². The third-order valence-electron chi connectivity index (χ3n) is 3.43. The van der Waals surface area contributed by atoms with Crippen LogP contribution in [0.3, 0.4) is 0 Å². The molecule has 0 unspecified atom stereocenters. The number of likely N-dealkylation sites (N-methyl/N-ethyl adjacent to an activating group) is 2. The van der Waals surface area contributed by atoms with Crippen molar-refractivity contribution in [3.05, 3.63) is 30.5 Å². The Morgan fingerprint density at radius 1 is 1.14 bits per heavy atom. The summed E-state index contributed by atoms with van der Waals surface area (Å²) in [7, 11) is 6.08. The summed E-state index contributed by atoms with van der Waals surface area (Å²) in [4.78, 5) is 8.55. The Hall–Kier alpha value is -1.85. The fourth-order valence-electron chi connectivity index (χ4n) is 2.26. The number of hydrogen-bond acceptors (Lipinski definition) is 5. The molecule has 0 amide bonds. The van der Waals surface area contributed by atoms with Crippen molar-refractivity contribution in [1.29, 1.82) is 0 Å². The second-order valence-corrected chi connectivity index (χ2v) is 5.45. The molecule has 2 N–H and O–H groups in total. The molecule has 114 valence electrons. The minimum atomic E-state index is 0.124. The second kappa shape index (κ2) is 7.24. The van der Waals surface area contributed by atoms with E-state index < -0.39 is 0 Å². The number of hydrogen-bond donors (Lipinski definition) is 2. The van der Waals surface area contributed by atoms with Crippen LogP contribution in [0.4, 0.5) is 11.5 Å². The number of pyridine rings is 1. The van der Waals surface area contributed by atoms with Crippen LogP contribution in [0.15, 0.2) is 30.5 Å². The summed E-state index contributed by atoms with van der Waals surface area (Å²) in [5, 5.41) is 14.8. The summed E-state index contributed by atoms with van der Waals surface area (Å²) < 4.78 is 0. The standard InChI is InChI=1S/C16H24N4O/c1-19(2)9-8-17-14-4-5-15-13(12-14)6-7-18-16(15)20(3)10-11-21/h4-7,12,17,21H,8-11H2,1-3H3. The zero-order chi connectivity index (χ0) is 15.2. The van der Waals surface area contributed by atoms with Crippen LogP contribution in [-0.4, -0.2) is 62.4 Å². The van der Waals surface area contributed by atoms with E-state index in [1.54, 1.807) is 0 Å². The zero-order valence-corrected chi connectivity index (χ0v) is 13.0. The number of rotatable bonds is 7. The van der Waals surface area contributed by atoms with E-state index in [2.05, 4.69) is 47.5 Å². The highest BCUT2D eigenvalue weighted by Gasteiger charge is 2.07. The van der Waals surface area contributed by atoms with Crippen molar-refractivity contribution >= 4 is 22.3 Å². The minimum Gasteiger partial charge on any atom is -0.395 e. The number of aliphatic hydroxyl groups is 1. The first-order valence-electron chi connectivity index (χ1n) is 7.21. The predicted octanol–water partition coefficient (Wildman–Crippen LogP) is 1.64. The van der Waals surface area contributed by atoms with Gasteiger partial charge in [-0.15, -0.1) is 0 Å². The molecule has 1 aromatic carbocycles. The monoisotopic (exact) mass is 288 g/mol. The number of aromatic nitrogens is 1. The highest BCUT2D eigenvalue weighted by Crippen LogP contribution is 2.26. The smallest absolute Gasteiger partial charge is 0.136 e. The van der Waals surface area contributed by atoms with E-state index in [0.29, 0.717) is 6.54 Å². The molecule has 1 heterocycles. The summed E-state index contributed by atoms with van der Waals surface area (Å²) in [5.41, 5.74) is 1.12. The van der Waals surface area contributed by atoms with Gasteiger partial charge in [0.2, 0.25) is 0 Å². The van der Waals surface area contributed by atoms with Gasteiger partial charge in [-0.2, -0.15) is 0 Å². The lowest BCUT2D eigenvalue weighted by molar-refractivity contribution is 0.304. The number of nitrogens with zero attached hydrogens (tertiary/aromatic N) is 3.